The molecule has 0 radical (unpaired) electrons. The zero-order valence-corrected chi connectivity index (χ0v) is 12.2. The molecule has 1 aliphatic carbocycles. The van der Waals surface area contributed by atoms with Crippen LogP contribution < -0.4 is 0 Å². The summed E-state index contributed by atoms with van der Waals surface area (Å²) in [5.74, 6) is -0.616. The molecule has 3 aromatic rings. The molecular formula is C16H15N3O3. The maximum atomic E-state index is 11.3. The monoisotopic (exact) mass is 297 g/mol. The van der Waals surface area contributed by atoms with Gasteiger partial charge in [0.05, 0.1) is 11.8 Å². The quantitative estimate of drug-likeness (QED) is 0.775. The summed E-state index contributed by atoms with van der Waals surface area (Å²) < 4.78 is 5.35. The highest BCUT2D eigenvalue weighted by molar-refractivity contribution is 5.93. The number of carboxylic acids is 1. The molecule has 1 fully saturated rings. The average molecular weight is 297 g/mol. The fourth-order valence-corrected chi connectivity index (χ4v) is 3.31. The van der Waals surface area contributed by atoms with Crippen LogP contribution in [0.25, 0.3) is 22.3 Å². The first-order valence-corrected chi connectivity index (χ1v) is 7.13. The molecular weight excluding hydrogens is 282 g/mol. The van der Waals surface area contributed by atoms with Gasteiger partial charge < -0.3 is 14.6 Å². The van der Waals surface area contributed by atoms with Crippen molar-refractivity contribution in [2.75, 3.05) is 0 Å². The first kappa shape index (κ1) is 13.1. The number of carbonyl (C=O) groups is 1. The highest BCUT2D eigenvalue weighted by Crippen LogP contribution is 2.64. The number of aliphatic carboxylic acids is 1. The molecule has 0 aliphatic heterocycles. The standard InChI is InChI=1S/C16H15N3O3/c1-16(2)11(12(16)15(20)21)14-18-13(19-22-14)9-4-3-5-10-8(9)6-7-17-10/h3-7,11-12,17H,1-2H3,(H,20,21). The van der Waals surface area contributed by atoms with E-state index >= 15 is 0 Å². The predicted octanol–water partition coefficient (Wildman–Crippen LogP) is 3.04. The molecule has 2 N–H and O–H groups in total. The van der Waals surface area contributed by atoms with Crippen molar-refractivity contribution in [3.63, 3.8) is 0 Å². The highest BCUT2D eigenvalue weighted by Gasteiger charge is 2.65. The van der Waals surface area contributed by atoms with Crippen molar-refractivity contribution >= 4 is 16.9 Å². The Morgan fingerprint density at radius 1 is 1.36 bits per heavy atom. The third-order valence-electron chi connectivity index (χ3n) is 4.64. The number of benzene rings is 1. The number of hydrogen-bond acceptors (Lipinski definition) is 4. The largest absolute Gasteiger partial charge is 0.481 e. The Balaban J connectivity index is 1.74. The normalized spacial score (nSPS) is 22.8. The van der Waals surface area contributed by atoms with Crippen molar-refractivity contribution < 1.29 is 14.4 Å². The second kappa shape index (κ2) is 4.19. The Hall–Kier alpha value is -2.63. The van der Waals surface area contributed by atoms with Gasteiger partial charge in [-0.1, -0.05) is 31.1 Å². The summed E-state index contributed by atoms with van der Waals surface area (Å²) in [6.07, 6.45) is 1.86. The second-order valence-electron chi connectivity index (χ2n) is 6.32. The molecule has 1 saturated carbocycles. The lowest BCUT2D eigenvalue weighted by atomic mass is 10.1. The zero-order valence-electron chi connectivity index (χ0n) is 12.2. The van der Waals surface area contributed by atoms with E-state index in [4.69, 9.17) is 4.52 Å². The number of nitrogens with zero attached hydrogens (tertiary/aromatic N) is 2. The van der Waals surface area contributed by atoms with E-state index in [0.717, 1.165) is 16.5 Å². The summed E-state index contributed by atoms with van der Waals surface area (Å²) in [5.41, 5.74) is 1.52. The van der Waals surface area contributed by atoms with Gasteiger partial charge in [0.1, 0.15) is 0 Å². The Kier molecular flexibility index (Phi) is 2.49. The number of hydrogen-bond donors (Lipinski definition) is 2. The van der Waals surface area contributed by atoms with Crippen molar-refractivity contribution in [1.82, 2.24) is 15.1 Å². The molecule has 2 aromatic heterocycles. The summed E-state index contributed by atoms with van der Waals surface area (Å²) in [6, 6.07) is 7.79. The number of aromatic nitrogens is 3. The number of rotatable bonds is 3. The molecule has 2 atom stereocenters. The van der Waals surface area contributed by atoms with Crippen LogP contribution in [0.15, 0.2) is 35.0 Å². The minimum Gasteiger partial charge on any atom is -0.481 e. The molecule has 2 heterocycles. The van der Waals surface area contributed by atoms with Crippen LogP contribution in [-0.4, -0.2) is 26.2 Å². The van der Waals surface area contributed by atoms with E-state index in [1.165, 1.54) is 0 Å². The zero-order chi connectivity index (χ0) is 15.5. The van der Waals surface area contributed by atoms with Gasteiger partial charge in [-0.15, -0.1) is 0 Å². The van der Waals surface area contributed by atoms with Crippen LogP contribution >= 0.6 is 0 Å². The van der Waals surface area contributed by atoms with Crippen molar-refractivity contribution in [2.45, 2.75) is 19.8 Å². The minimum atomic E-state index is -0.817. The SMILES string of the molecule is CC1(C)C(C(=O)O)C1c1nc(-c2cccc3[nH]ccc23)no1. The van der Waals surface area contributed by atoms with Gasteiger partial charge in [-0.25, -0.2) is 0 Å². The third kappa shape index (κ3) is 1.70. The minimum absolute atomic E-state index is 0.225. The van der Waals surface area contributed by atoms with Crippen molar-refractivity contribution in [1.29, 1.82) is 0 Å². The van der Waals surface area contributed by atoms with E-state index < -0.39 is 11.9 Å². The summed E-state index contributed by atoms with van der Waals surface area (Å²) in [4.78, 5) is 18.9. The van der Waals surface area contributed by atoms with Gasteiger partial charge in [-0.2, -0.15) is 4.98 Å². The molecule has 6 nitrogen and oxygen atoms in total. The van der Waals surface area contributed by atoms with Crippen molar-refractivity contribution in [3.8, 4) is 11.4 Å². The lowest BCUT2D eigenvalue weighted by Crippen LogP contribution is -2.03. The molecule has 1 aromatic carbocycles. The van der Waals surface area contributed by atoms with E-state index in [-0.39, 0.29) is 11.3 Å². The van der Waals surface area contributed by atoms with Gasteiger partial charge in [0.2, 0.25) is 11.7 Å². The van der Waals surface area contributed by atoms with Gasteiger partial charge in [-0.3, -0.25) is 4.79 Å². The van der Waals surface area contributed by atoms with Crippen LogP contribution in [0.1, 0.15) is 25.7 Å². The first-order chi connectivity index (χ1) is 10.5. The van der Waals surface area contributed by atoms with Gasteiger partial charge in [-0.05, 0) is 17.5 Å². The topological polar surface area (TPSA) is 92.0 Å². The molecule has 2 unspecified atom stereocenters. The average Bonchev–Trinajstić information content (AvgIpc) is 2.93. The smallest absolute Gasteiger partial charge is 0.307 e. The third-order valence-corrected chi connectivity index (χ3v) is 4.64. The molecule has 0 spiro atoms. The summed E-state index contributed by atoms with van der Waals surface area (Å²) in [5, 5.41) is 14.3. The van der Waals surface area contributed by atoms with Crippen molar-refractivity contribution in [2.24, 2.45) is 11.3 Å². The fraction of sp³-hybridized carbons (Fsp3) is 0.312. The van der Waals surface area contributed by atoms with Crippen LogP contribution in [-0.2, 0) is 4.79 Å². The van der Waals surface area contributed by atoms with Gasteiger partial charge in [0.25, 0.3) is 0 Å². The molecule has 22 heavy (non-hydrogen) atoms. The lowest BCUT2D eigenvalue weighted by Gasteiger charge is -1.97. The van der Waals surface area contributed by atoms with Crippen molar-refractivity contribution in [3.05, 3.63) is 36.4 Å². The summed E-state index contributed by atoms with van der Waals surface area (Å²) >= 11 is 0. The molecule has 112 valence electrons. The van der Waals surface area contributed by atoms with Gasteiger partial charge >= 0.3 is 5.97 Å². The van der Waals surface area contributed by atoms with E-state index in [1.807, 2.05) is 44.3 Å². The predicted molar refractivity (Wildman–Crippen MR) is 79.2 cm³/mol. The molecule has 6 heteroatoms. The second-order valence-corrected chi connectivity index (χ2v) is 6.32. The fourth-order valence-electron chi connectivity index (χ4n) is 3.31. The van der Waals surface area contributed by atoms with E-state index in [1.54, 1.807) is 0 Å². The summed E-state index contributed by atoms with van der Waals surface area (Å²) in [7, 11) is 0. The summed E-state index contributed by atoms with van der Waals surface area (Å²) in [6.45, 7) is 3.82. The Morgan fingerprint density at radius 3 is 2.91 bits per heavy atom. The maximum absolute atomic E-state index is 11.3. The molecule has 1 aliphatic rings. The van der Waals surface area contributed by atoms with E-state index in [2.05, 4.69) is 15.1 Å². The van der Waals surface area contributed by atoms with Crippen LogP contribution in [0.4, 0.5) is 0 Å². The Bertz CT molecular complexity index is 878. The number of aromatic amines is 1. The Labute approximate surface area is 126 Å². The number of nitrogens with one attached hydrogen (secondary N) is 1. The van der Waals surface area contributed by atoms with Crippen LogP contribution in [0.3, 0.4) is 0 Å². The Morgan fingerprint density at radius 2 is 2.18 bits per heavy atom. The van der Waals surface area contributed by atoms with Gasteiger partial charge in [0, 0.05) is 22.7 Å². The van der Waals surface area contributed by atoms with Gasteiger partial charge in [0.15, 0.2) is 0 Å². The van der Waals surface area contributed by atoms with E-state index in [9.17, 15) is 9.90 Å². The lowest BCUT2D eigenvalue weighted by molar-refractivity contribution is -0.139. The molecule has 0 amide bonds. The number of carboxylic acid groups (broad SMARTS) is 1. The number of H-pyrrole nitrogens is 1. The molecule has 4 rings (SSSR count). The van der Waals surface area contributed by atoms with Crippen LogP contribution in [0.5, 0.6) is 0 Å². The van der Waals surface area contributed by atoms with Crippen LogP contribution in [0, 0.1) is 11.3 Å². The van der Waals surface area contributed by atoms with E-state index in [0.29, 0.717) is 11.7 Å². The van der Waals surface area contributed by atoms with Crippen LogP contribution in [0.2, 0.25) is 0 Å². The number of fused-ring (bicyclic) bond motifs is 1. The maximum Gasteiger partial charge on any atom is 0.307 e. The molecule has 0 bridgehead atoms. The molecule has 0 saturated heterocycles. The highest BCUT2D eigenvalue weighted by atomic mass is 16.5. The first-order valence-electron chi connectivity index (χ1n) is 7.13.